The van der Waals surface area contributed by atoms with E-state index in [9.17, 15) is 5.11 Å². The molecule has 7 heteroatoms. The largest absolute Gasteiger partial charge is 0.386 e. The Bertz CT molecular complexity index is 436. The molecule has 0 fully saturated rings. The molecule has 0 spiro atoms. The molecule has 0 aromatic carbocycles. The van der Waals surface area contributed by atoms with Crippen LogP contribution in [-0.4, -0.2) is 56.2 Å². The summed E-state index contributed by atoms with van der Waals surface area (Å²) in [5.41, 5.74) is 0. The van der Waals surface area contributed by atoms with Gasteiger partial charge >= 0.3 is 0 Å². The monoisotopic (exact) mass is 332 g/mol. The summed E-state index contributed by atoms with van der Waals surface area (Å²) in [4.78, 5) is 7.40. The lowest BCUT2D eigenvalue weighted by Crippen LogP contribution is -2.38. The number of nitrogens with one attached hydrogen (secondary N) is 2. The van der Waals surface area contributed by atoms with Crippen LogP contribution in [0.1, 0.15) is 24.3 Å². The van der Waals surface area contributed by atoms with Crippen LogP contribution in [0.25, 0.3) is 0 Å². The summed E-state index contributed by atoms with van der Waals surface area (Å²) in [7, 11) is 4.11. The van der Waals surface area contributed by atoms with Gasteiger partial charge in [0.15, 0.2) is 5.96 Å². The zero-order valence-corrected chi connectivity index (χ0v) is 14.5. The van der Waals surface area contributed by atoms with E-state index in [4.69, 9.17) is 11.6 Å². The average molecular weight is 333 g/mol. The van der Waals surface area contributed by atoms with E-state index < -0.39 is 6.10 Å². The molecule has 120 valence electrons. The van der Waals surface area contributed by atoms with Gasteiger partial charge < -0.3 is 20.6 Å². The molecular formula is C14H25ClN4OS. The predicted octanol–water partition coefficient (Wildman–Crippen LogP) is 1.94. The Balaban J connectivity index is 2.43. The number of hydrogen-bond donors (Lipinski definition) is 3. The van der Waals surface area contributed by atoms with Crippen molar-refractivity contribution >= 4 is 28.9 Å². The first kappa shape index (κ1) is 18.2. The molecule has 0 saturated carbocycles. The fraction of sp³-hybridized carbons (Fsp3) is 0.643. The summed E-state index contributed by atoms with van der Waals surface area (Å²) in [6.07, 6.45) is 0.431. The molecule has 0 aliphatic heterocycles. The third kappa shape index (κ3) is 7.66. The first-order valence-corrected chi connectivity index (χ1v) is 8.32. The van der Waals surface area contributed by atoms with Gasteiger partial charge in [-0.1, -0.05) is 11.6 Å². The molecule has 3 N–H and O–H groups in total. The van der Waals surface area contributed by atoms with E-state index in [0.717, 1.165) is 36.9 Å². The molecule has 1 atom stereocenters. The molecule has 0 radical (unpaired) electrons. The molecule has 0 bridgehead atoms. The fourth-order valence-electron chi connectivity index (χ4n) is 1.72. The minimum Gasteiger partial charge on any atom is -0.386 e. The van der Waals surface area contributed by atoms with Crippen molar-refractivity contribution in [1.29, 1.82) is 0 Å². The predicted molar refractivity (Wildman–Crippen MR) is 91.4 cm³/mol. The average Bonchev–Trinajstić information content (AvgIpc) is 2.86. The molecule has 0 amide bonds. The number of thiophene rings is 1. The quantitative estimate of drug-likeness (QED) is 0.387. The third-order valence-corrected chi connectivity index (χ3v) is 4.10. The summed E-state index contributed by atoms with van der Waals surface area (Å²) >= 11 is 7.26. The molecule has 1 rings (SSSR count). The molecule has 0 aliphatic carbocycles. The van der Waals surface area contributed by atoms with Crippen molar-refractivity contribution in [2.75, 3.05) is 40.3 Å². The molecule has 0 saturated heterocycles. The highest BCUT2D eigenvalue weighted by molar-refractivity contribution is 7.16. The van der Waals surface area contributed by atoms with Crippen LogP contribution in [0.3, 0.4) is 0 Å². The van der Waals surface area contributed by atoms with Crippen LogP contribution >= 0.6 is 22.9 Å². The molecule has 1 aromatic rings. The molecule has 21 heavy (non-hydrogen) atoms. The van der Waals surface area contributed by atoms with Gasteiger partial charge in [-0.2, -0.15) is 0 Å². The Labute approximate surface area is 136 Å². The Morgan fingerprint density at radius 1 is 1.43 bits per heavy atom. The van der Waals surface area contributed by atoms with Crippen LogP contribution in [-0.2, 0) is 0 Å². The molecule has 1 aromatic heterocycles. The van der Waals surface area contributed by atoms with Gasteiger partial charge in [0.2, 0.25) is 0 Å². The Morgan fingerprint density at radius 2 is 2.19 bits per heavy atom. The number of aliphatic imine (C=N–C) groups is 1. The summed E-state index contributed by atoms with van der Waals surface area (Å²) < 4.78 is 0.682. The summed E-state index contributed by atoms with van der Waals surface area (Å²) in [6.45, 7) is 5.01. The maximum absolute atomic E-state index is 10.1. The van der Waals surface area contributed by atoms with E-state index in [1.165, 1.54) is 11.3 Å². The number of nitrogens with zero attached hydrogens (tertiary/aromatic N) is 2. The van der Waals surface area contributed by atoms with Gasteiger partial charge in [0.05, 0.1) is 10.9 Å². The van der Waals surface area contributed by atoms with Crippen LogP contribution in [0, 0.1) is 0 Å². The summed E-state index contributed by atoms with van der Waals surface area (Å²) in [6, 6.07) is 3.63. The van der Waals surface area contributed by atoms with Gasteiger partial charge in [-0.25, -0.2) is 0 Å². The van der Waals surface area contributed by atoms with E-state index in [1.54, 1.807) is 6.07 Å². The van der Waals surface area contributed by atoms with Crippen molar-refractivity contribution in [2.45, 2.75) is 19.4 Å². The zero-order chi connectivity index (χ0) is 15.7. The number of halogens is 1. The van der Waals surface area contributed by atoms with Crippen molar-refractivity contribution in [3.8, 4) is 0 Å². The normalized spacial score (nSPS) is 13.5. The fourth-order valence-corrected chi connectivity index (χ4v) is 2.76. The van der Waals surface area contributed by atoms with Gasteiger partial charge in [-0.3, -0.25) is 4.99 Å². The lowest BCUT2D eigenvalue weighted by Gasteiger charge is -2.14. The minimum atomic E-state index is -0.611. The van der Waals surface area contributed by atoms with Crippen molar-refractivity contribution in [3.05, 3.63) is 21.3 Å². The molecule has 5 nitrogen and oxygen atoms in total. The molecule has 0 aliphatic rings. The van der Waals surface area contributed by atoms with Gasteiger partial charge in [-0.05, 0) is 46.1 Å². The smallest absolute Gasteiger partial charge is 0.191 e. The molecular weight excluding hydrogens is 308 g/mol. The van der Waals surface area contributed by atoms with Gasteiger partial charge in [-0.15, -0.1) is 11.3 Å². The lowest BCUT2D eigenvalue weighted by molar-refractivity contribution is 0.191. The van der Waals surface area contributed by atoms with E-state index in [1.807, 2.05) is 13.0 Å². The van der Waals surface area contributed by atoms with Gasteiger partial charge in [0, 0.05) is 18.0 Å². The lowest BCUT2D eigenvalue weighted by atomic mass is 10.3. The van der Waals surface area contributed by atoms with Gasteiger partial charge in [0.1, 0.15) is 6.10 Å². The van der Waals surface area contributed by atoms with Gasteiger partial charge in [0.25, 0.3) is 0 Å². The second-order valence-corrected chi connectivity index (χ2v) is 6.71. The van der Waals surface area contributed by atoms with Crippen molar-refractivity contribution in [2.24, 2.45) is 4.99 Å². The second-order valence-electron chi connectivity index (χ2n) is 4.96. The Kier molecular flexibility index (Phi) is 8.68. The zero-order valence-electron chi connectivity index (χ0n) is 12.9. The first-order valence-electron chi connectivity index (χ1n) is 7.13. The van der Waals surface area contributed by atoms with E-state index in [2.05, 4.69) is 34.6 Å². The number of aliphatic hydroxyl groups excluding tert-OH is 1. The van der Waals surface area contributed by atoms with E-state index >= 15 is 0 Å². The number of hydrogen-bond acceptors (Lipinski definition) is 4. The third-order valence-electron chi connectivity index (χ3n) is 2.76. The van der Waals surface area contributed by atoms with Crippen LogP contribution in [0.15, 0.2) is 17.1 Å². The van der Waals surface area contributed by atoms with E-state index in [0.29, 0.717) is 10.9 Å². The van der Waals surface area contributed by atoms with Crippen molar-refractivity contribution in [1.82, 2.24) is 15.5 Å². The number of aliphatic hydroxyl groups is 1. The SMILES string of the molecule is CCNC(=NCC(O)c1ccc(Cl)s1)NCCCN(C)C. The van der Waals surface area contributed by atoms with Crippen LogP contribution in [0.4, 0.5) is 0 Å². The van der Waals surface area contributed by atoms with Crippen LogP contribution in [0.2, 0.25) is 4.34 Å². The maximum Gasteiger partial charge on any atom is 0.191 e. The molecule has 1 heterocycles. The number of rotatable bonds is 8. The number of guanidine groups is 1. The van der Waals surface area contributed by atoms with E-state index in [-0.39, 0.29) is 0 Å². The second kappa shape index (κ2) is 10.00. The van der Waals surface area contributed by atoms with Crippen LogP contribution in [0.5, 0.6) is 0 Å². The Morgan fingerprint density at radius 3 is 2.76 bits per heavy atom. The minimum absolute atomic E-state index is 0.319. The topological polar surface area (TPSA) is 59.9 Å². The highest BCUT2D eigenvalue weighted by atomic mass is 35.5. The molecule has 1 unspecified atom stereocenters. The maximum atomic E-state index is 10.1. The van der Waals surface area contributed by atoms with Crippen molar-refractivity contribution in [3.63, 3.8) is 0 Å². The standard InChI is InChI=1S/C14H25ClN4OS/c1-4-16-14(17-8-5-9-19(2)3)18-10-11(20)12-6-7-13(15)21-12/h6-7,11,20H,4-5,8-10H2,1-3H3,(H2,16,17,18). The highest BCUT2D eigenvalue weighted by Crippen LogP contribution is 2.26. The first-order chi connectivity index (χ1) is 10.0. The van der Waals surface area contributed by atoms with Crippen LogP contribution < -0.4 is 10.6 Å². The highest BCUT2D eigenvalue weighted by Gasteiger charge is 2.10. The Hall–Kier alpha value is -0.820. The van der Waals surface area contributed by atoms with Crippen molar-refractivity contribution < 1.29 is 5.11 Å². The summed E-state index contributed by atoms with van der Waals surface area (Å²) in [5, 5.41) is 16.5. The summed E-state index contributed by atoms with van der Waals surface area (Å²) in [5.74, 6) is 0.734.